The first-order chi connectivity index (χ1) is 12.8. The molecular formula is C18H16N4O4. The molecule has 2 N–H and O–H groups in total. The highest BCUT2D eigenvalue weighted by molar-refractivity contribution is 5.86. The molecule has 8 nitrogen and oxygen atoms in total. The maximum atomic E-state index is 11.9. The predicted molar refractivity (Wildman–Crippen MR) is 94.3 cm³/mol. The summed E-state index contributed by atoms with van der Waals surface area (Å²) in [5, 5.41) is 15.5. The van der Waals surface area contributed by atoms with Gasteiger partial charge in [0.05, 0.1) is 12.8 Å². The van der Waals surface area contributed by atoms with Crippen LogP contribution in [0.1, 0.15) is 5.56 Å². The zero-order valence-electron chi connectivity index (χ0n) is 13.8. The lowest BCUT2D eigenvalue weighted by Crippen LogP contribution is -2.25. The summed E-state index contributed by atoms with van der Waals surface area (Å²) in [6.45, 7) is 0.188. The third-order valence-electron chi connectivity index (χ3n) is 3.43. The molecule has 0 aromatic heterocycles. The van der Waals surface area contributed by atoms with E-state index in [9.17, 15) is 4.79 Å². The summed E-state index contributed by atoms with van der Waals surface area (Å²) in [5.41, 5.74) is 3.83. The first kappa shape index (κ1) is 17.1. The minimum Gasteiger partial charge on any atom is -0.478 e. The Bertz CT molecular complexity index is 861. The molecule has 0 saturated heterocycles. The molecule has 0 bridgehead atoms. The Labute approximate surface area is 150 Å². The monoisotopic (exact) mass is 352 g/mol. The van der Waals surface area contributed by atoms with Gasteiger partial charge >= 0.3 is 0 Å². The Morgan fingerprint density at radius 3 is 3.00 bits per heavy atom. The number of benzene rings is 2. The number of amides is 1. The van der Waals surface area contributed by atoms with E-state index in [2.05, 4.69) is 15.8 Å². The predicted octanol–water partition coefficient (Wildman–Crippen LogP) is 1.88. The van der Waals surface area contributed by atoms with Crippen molar-refractivity contribution < 1.29 is 19.0 Å². The van der Waals surface area contributed by atoms with Crippen molar-refractivity contribution in [2.45, 2.75) is 0 Å². The molecule has 2 aromatic rings. The number of ether oxygens (including phenoxy) is 3. The summed E-state index contributed by atoms with van der Waals surface area (Å²) < 4.78 is 15.8. The lowest BCUT2D eigenvalue weighted by molar-refractivity contribution is -0.119. The van der Waals surface area contributed by atoms with E-state index in [-0.39, 0.29) is 25.9 Å². The van der Waals surface area contributed by atoms with Gasteiger partial charge in [0.2, 0.25) is 6.79 Å². The number of nitrogens with zero attached hydrogens (tertiary/aromatic N) is 2. The van der Waals surface area contributed by atoms with Crippen LogP contribution in [0.5, 0.6) is 17.2 Å². The summed E-state index contributed by atoms with van der Waals surface area (Å²) >= 11 is 0. The van der Waals surface area contributed by atoms with Crippen molar-refractivity contribution in [2.24, 2.45) is 5.10 Å². The molecule has 8 heteroatoms. The van der Waals surface area contributed by atoms with Crippen LogP contribution in [-0.2, 0) is 4.79 Å². The van der Waals surface area contributed by atoms with E-state index in [1.54, 1.807) is 36.4 Å². The maximum absolute atomic E-state index is 11.9. The first-order valence-corrected chi connectivity index (χ1v) is 7.80. The number of hydrazone groups is 1. The molecule has 0 unspecified atom stereocenters. The van der Waals surface area contributed by atoms with Crippen LogP contribution in [0.2, 0.25) is 0 Å². The van der Waals surface area contributed by atoms with Gasteiger partial charge in [0.1, 0.15) is 11.8 Å². The van der Waals surface area contributed by atoms with Crippen LogP contribution in [0, 0.1) is 11.3 Å². The third kappa shape index (κ3) is 4.42. The van der Waals surface area contributed by atoms with Gasteiger partial charge in [-0.2, -0.15) is 10.4 Å². The lowest BCUT2D eigenvalue weighted by atomic mass is 10.2. The second kappa shape index (κ2) is 8.39. The number of carbonyl (C=O) groups excluding carboxylic acids is 1. The van der Waals surface area contributed by atoms with E-state index < -0.39 is 0 Å². The topological polar surface area (TPSA) is 105 Å². The Hall–Kier alpha value is -3.73. The number of hydrogen-bond acceptors (Lipinski definition) is 7. The first-order valence-electron chi connectivity index (χ1n) is 7.80. The molecule has 0 atom stereocenters. The molecule has 132 valence electrons. The van der Waals surface area contributed by atoms with Gasteiger partial charge in [0.15, 0.2) is 18.1 Å². The normalized spacial score (nSPS) is 11.8. The van der Waals surface area contributed by atoms with Crippen LogP contribution in [-0.4, -0.2) is 32.1 Å². The summed E-state index contributed by atoms with van der Waals surface area (Å²) in [6, 6.07) is 14.3. The fourth-order valence-electron chi connectivity index (χ4n) is 2.23. The fraction of sp³-hybridized carbons (Fsp3) is 0.167. The maximum Gasteiger partial charge on any atom is 0.259 e. The summed E-state index contributed by atoms with van der Waals surface area (Å²) in [7, 11) is 0. The molecule has 0 spiro atoms. The highest BCUT2D eigenvalue weighted by Crippen LogP contribution is 2.34. The minimum absolute atomic E-state index is 0.0452. The Kier molecular flexibility index (Phi) is 5.52. The summed E-state index contributed by atoms with van der Waals surface area (Å²) in [4.78, 5) is 11.9. The molecule has 1 aliphatic heterocycles. The molecule has 0 saturated carbocycles. The van der Waals surface area contributed by atoms with Crippen LogP contribution >= 0.6 is 0 Å². The highest BCUT2D eigenvalue weighted by atomic mass is 16.7. The molecule has 1 aliphatic rings. The number of carbonyl (C=O) groups is 1. The van der Waals surface area contributed by atoms with E-state index in [0.717, 1.165) is 5.69 Å². The van der Waals surface area contributed by atoms with Gasteiger partial charge in [-0.3, -0.25) is 4.79 Å². The Balaban J connectivity index is 1.50. The van der Waals surface area contributed by atoms with Crippen molar-refractivity contribution in [1.29, 1.82) is 5.26 Å². The van der Waals surface area contributed by atoms with Crippen molar-refractivity contribution in [3.05, 3.63) is 48.0 Å². The smallest absolute Gasteiger partial charge is 0.259 e. The largest absolute Gasteiger partial charge is 0.478 e. The van der Waals surface area contributed by atoms with Gasteiger partial charge in [0, 0.05) is 17.3 Å². The SMILES string of the molecule is N#CCOc1ccccc1/C=N\NC(=O)CNc1ccc2c(c1)OCO2. The number of nitrogens with one attached hydrogen (secondary N) is 2. The Morgan fingerprint density at radius 2 is 2.12 bits per heavy atom. The molecule has 0 fully saturated rings. The standard InChI is InChI=1S/C18H16N4O4/c19-7-8-24-15-4-2-1-3-13(15)10-21-22-18(23)11-20-14-5-6-16-17(9-14)26-12-25-16/h1-6,9-10,20H,8,11-12H2,(H,22,23)/b21-10-. The zero-order valence-corrected chi connectivity index (χ0v) is 13.8. The lowest BCUT2D eigenvalue weighted by Gasteiger charge is -2.07. The fourth-order valence-corrected chi connectivity index (χ4v) is 2.23. The van der Waals surface area contributed by atoms with Crippen LogP contribution < -0.4 is 25.0 Å². The van der Waals surface area contributed by atoms with Gasteiger partial charge in [-0.1, -0.05) is 12.1 Å². The van der Waals surface area contributed by atoms with Gasteiger partial charge in [-0.15, -0.1) is 0 Å². The second-order valence-corrected chi connectivity index (χ2v) is 5.20. The average Bonchev–Trinajstić information content (AvgIpc) is 3.13. The molecule has 2 aromatic carbocycles. The molecule has 0 aliphatic carbocycles. The molecule has 1 heterocycles. The van der Waals surface area contributed by atoms with E-state index in [4.69, 9.17) is 19.5 Å². The number of anilines is 1. The van der Waals surface area contributed by atoms with Crippen molar-refractivity contribution >= 4 is 17.8 Å². The van der Waals surface area contributed by atoms with Crippen molar-refractivity contribution in [1.82, 2.24) is 5.43 Å². The number of fused-ring (bicyclic) bond motifs is 1. The number of nitriles is 1. The van der Waals surface area contributed by atoms with Crippen molar-refractivity contribution in [3.63, 3.8) is 0 Å². The van der Waals surface area contributed by atoms with Crippen LogP contribution in [0.15, 0.2) is 47.6 Å². The molecular weight excluding hydrogens is 336 g/mol. The van der Waals surface area contributed by atoms with Crippen molar-refractivity contribution in [2.75, 3.05) is 25.3 Å². The minimum atomic E-state index is -0.311. The average molecular weight is 352 g/mol. The van der Waals surface area contributed by atoms with E-state index >= 15 is 0 Å². The summed E-state index contributed by atoms with van der Waals surface area (Å²) in [6.07, 6.45) is 1.46. The molecule has 3 rings (SSSR count). The van der Waals surface area contributed by atoms with Gasteiger partial charge in [0.25, 0.3) is 5.91 Å². The summed E-state index contributed by atoms with van der Waals surface area (Å²) in [5.74, 6) is 1.53. The van der Waals surface area contributed by atoms with Crippen LogP contribution in [0.4, 0.5) is 5.69 Å². The number of hydrogen-bond donors (Lipinski definition) is 2. The van der Waals surface area contributed by atoms with Gasteiger partial charge in [-0.05, 0) is 24.3 Å². The third-order valence-corrected chi connectivity index (χ3v) is 3.43. The van der Waals surface area contributed by atoms with E-state index in [1.807, 2.05) is 12.1 Å². The molecule has 0 radical (unpaired) electrons. The van der Waals surface area contributed by atoms with Crippen LogP contribution in [0.25, 0.3) is 0 Å². The highest BCUT2D eigenvalue weighted by Gasteiger charge is 2.13. The van der Waals surface area contributed by atoms with Crippen molar-refractivity contribution in [3.8, 4) is 23.3 Å². The number of rotatable bonds is 7. The van der Waals surface area contributed by atoms with E-state index in [0.29, 0.717) is 22.8 Å². The number of para-hydroxylation sites is 1. The molecule has 1 amide bonds. The quantitative estimate of drug-likeness (QED) is 0.582. The van der Waals surface area contributed by atoms with E-state index in [1.165, 1.54) is 6.21 Å². The second-order valence-electron chi connectivity index (χ2n) is 5.20. The Morgan fingerprint density at radius 1 is 1.27 bits per heavy atom. The zero-order chi connectivity index (χ0) is 18.2. The van der Waals surface area contributed by atoms with Gasteiger partial charge < -0.3 is 19.5 Å². The molecule has 26 heavy (non-hydrogen) atoms. The van der Waals surface area contributed by atoms with Gasteiger partial charge in [-0.25, -0.2) is 5.43 Å². The van der Waals surface area contributed by atoms with Crippen LogP contribution in [0.3, 0.4) is 0 Å².